The third-order valence-corrected chi connectivity index (χ3v) is 4.30. The first-order valence-electron chi connectivity index (χ1n) is 5.26. The number of rotatable bonds is 2. The summed E-state index contributed by atoms with van der Waals surface area (Å²) in [6, 6.07) is 5.31. The number of alkyl halides is 3. The third-order valence-electron chi connectivity index (χ3n) is 2.48. The molecule has 0 amide bonds. The normalized spacial score (nSPS) is 13.6. The Balaban J connectivity index is 2.36. The molecule has 1 N–H and O–H groups in total. The van der Waals surface area contributed by atoms with Crippen LogP contribution in [-0.2, 0) is 6.18 Å². The molecule has 2 aromatic rings. The Hall–Kier alpha value is -0.920. The van der Waals surface area contributed by atoms with Crippen molar-refractivity contribution < 1.29 is 18.3 Å². The highest BCUT2D eigenvalue weighted by atomic mass is 79.9. The summed E-state index contributed by atoms with van der Waals surface area (Å²) < 4.78 is 38.0. The van der Waals surface area contributed by atoms with E-state index in [1.54, 1.807) is 12.1 Å². The maximum atomic E-state index is 12.5. The number of aliphatic hydroxyl groups excluding tert-OH is 1. The maximum absolute atomic E-state index is 12.5. The highest BCUT2D eigenvalue weighted by molar-refractivity contribution is 9.10. The summed E-state index contributed by atoms with van der Waals surface area (Å²) >= 11 is 3.73. The van der Waals surface area contributed by atoms with Crippen LogP contribution in [0.2, 0.25) is 0 Å². The molecule has 2 rings (SSSR count). The van der Waals surface area contributed by atoms with E-state index in [1.807, 2.05) is 13.0 Å². The standard InChI is InChI=1S/C12H9BrF3NOS/c1-6-2-3-8(13)7(4-6)10(18)9-5-17-11(19-9)12(14,15)16/h2-5,10,18H,1H3. The van der Waals surface area contributed by atoms with Crippen LogP contribution in [0, 0.1) is 6.92 Å². The first-order chi connectivity index (χ1) is 8.79. The minimum atomic E-state index is -4.48. The van der Waals surface area contributed by atoms with Crippen LogP contribution in [0.15, 0.2) is 28.9 Å². The fraction of sp³-hybridized carbons (Fsp3) is 0.250. The molecule has 0 aliphatic heterocycles. The van der Waals surface area contributed by atoms with Crippen LogP contribution >= 0.6 is 27.3 Å². The predicted octanol–water partition coefficient (Wildman–Crippen LogP) is 4.31. The van der Waals surface area contributed by atoms with Crippen LogP contribution in [0.1, 0.15) is 27.1 Å². The molecule has 19 heavy (non-hydrogen) atoms. The summed E-state index contributed by atoms with van der Waals surface area (Å²) in [6.07, 6.45) is -4.54. The molecule has 1 aromatic carbocycles. The molecule has 0 radical (unpaired) electrons. The number of halogens is 4. The number of hydrogen-bond acceptors (Lipinski definition) is 3. The Morgan fingerprint density at radius 1 is 1.37 bits per heavy atom. The van der Waals surface area contributed by atoms with Crippen LogP contribution in [0.3, 0.4) is 0 Å². The van der Waals surface area contributed by atoms with Crippen LogP contribution < -0.4 is 0 Å². The Labute approximate surface area is 120 Å². The van der Waals surface area contributed by atoms with Gasteiger partial charge in [0.1, 0.15) is 6.10 Å². The van der Waals surface area contributed by atoms with Crippen molar-refractivity contribution in [3.8, 4) is 0 Å². The van der Waals surface area contributed by atoms with E-state index >= 15 is 0 Å². The van der Waals surface area contributed by atoms with Crippen LogP contribution in [0.4, 0.5) is 13.2 Å². The van der Waals surface area contributed by atoms with Gasteiger partial charge in [-0.2, -0.15) is 13.2 Å². The number of hydrogen-bond donors (Lipinski definition) is 1. The van der Waals surface area contributed by atoms with E-state index in [4.69, 9.17) is 0 Å². The number of nitrogens with zero attached hydrogens (tertiary/aromatic N) is 1. The molecular weight excluding hydrogens is 343 g/mol. The zero-order chi connectivity index (χ0) is 14.2. The highest BCUT2D eigenvalue weighted by Gasteiger charge is 2.35. The van der Waals surface area contributed by atoms with Crippen molar-refractivity contribution >= 4 is 27.3 Å². The summed E-state index contributed by atoms with van der Waals surface area (Å²) in [6.45, 7) is 1.84. The largest absolute Gasteiger partial charge is 0.443 e. The Bertz CT molecular complexity index is 597. The first kappa shape index (κ1) is 14.5. The number of thiazole rings is 1. The van der Waals surface area contributed by atoms with E-state index in [0.29, 0.717) is 21.4 Å². The van der Waals surface area contributed by atoms with Gasteiger partial charge in [-0.25, -0.2) is 4.98 Å². The van der Waals surface area contributed by atoms with Gasteiger partial charge in [-0.3, -0.25) is 0 Å². The molecule has 0 bridgehead atoms. The maximum Gasteiger partial charge on any atom is 0.443 e. The Morgan fingerprint density at radius 3 is 2.63 bits per heavy atom. The molecular formula is C12H9BrF3NOS. The van der Waals surface area contributed by atoms with Crippen LogP contribution in [-0.4, -0.2) is 10.1 Å². The summed E-state index contributed by atoms with van der Waals surface area (Å²) in [4.78, 5) is 3.47. The van der Waals surface area contributed by atoms with Crippen molar-refractivity contribution in [3.63, 3.8) is 0 Å². The number of aryl methyl sites for hydroxylation is 1. The summed E-state index contributed by atoms with van der Waals surface area (Å²) in [5.41, 5.74) is 1.44. The molecule has 2 nitrogen and oxygen atoms in total. The second-order valence-corrected chi connectivity index (χ2v) is 5.91. The third kappa shape index (κ3) is 3.16. The van der Waals surface area contributed by atoms with Gasteiger partial charge in [0.25, 0.3) is 0 Å². The number of aromatic nitrogens is 1. The van der Waals surface area contributed by atoms with Crippen molar-refractivity contribution in [2.24, 2.45) is 0 Å². The SMILES string of the molecule is Cc1ccc(Br)c(C(O)c2cnc(C(F)(F)F)s2)c1. The lowest BCUT2D eigenvalue weighted by Crippen LogP contribution is -2.03. The predicted molar refractivity (Wildman–Crippen MR) is 70.1 cm³/mol. The average molecular weight is 352 g/mol. The average Bonchev–Trinajstić information content (AvgIpc) is 2.80. The summed E-state index contributed by atoms with van der Waals surface area (Å²) in [5, 5.41) is 9.20. The fourth-order valence-corrected chi connectivity index (χ4v) is 2.82. The van der Waals surface area contributed by atoms with Crippen molar-refractivity contribution in [3.05, 3.63) is 49.9 Å². The summed E-state index contributed by atoms with van der Waals surface area (Å²) in [5.74, 6) is 0. The summed E-state index contributed by atoms with van der Waals surface area (Å²) in [7, 11) is 0. The lowest BCUT2D eigenvalue weighted by Gasteiger charge is -2.11. The smallest absolute Gasteiger partial charge is 0.383 e. The minimum Gasteiger partial charge on any atom is -0.383 e. The van der Waals surface area contributed by atoms with Gasteiger partial charge < -0.3 is 5.11 Å². The molecule has 0 aliphatic carbocycles. The second-order valence-electron chi connectivity index (χ2n) is 3.99. The van der Waals surface area contributed by atoms with E-state index in [-0.39, 0.29) is 4.88 Å². The van der Waals surface area contributed by atoms with Crippen LogP contribution in [0.25, 0.3) is 0 Å². The molecule has 0 fully saturated rings. The Morgan fingerprint density at radius 2 is 2.05 bits per heavy atom. The monoisotopic (exact) mass is 351 g/mol. The van der Waals surface area contributed by atoms with E-state index in [0.717, 1.165) is 11.8 Å². The van der Waals surface area contributed by atoms with Gasteiger partial charge in [0.05, 0.1) is 4.88 Å². The van der Waals surface area contributed by atoms with Crippen molar-refractivity contribution in [2.75, 3.05) is 0 Å². The lowest BCUT2D eigenvalue weighted by molar-refractivity contribution is -0.137. The van der Waals surface area contributed by atoms with Gasteiger partial charge in [-0.1, -0.05) is 33.6 Å². The van der Waals surface area contributed by atoms with Crippen molar-refractivity contribution in [2.45, 2.75) is 19.2 Å². The van der Waals surface area contributed by atoms with Gasteiger partial charge in [0, 0.05) is 16.2 Å². The van der Waals surface area contributed by atoms with E-state index in [1.165, 1.54) is 0 Å². The fourth-order valence-electron chi connectivity index (χ4n) is 1.57. The van der Waals surface area contributed by atoms with Gasteiger partial charge in [0.2, 0.25) is 0 Å². The lowest BCUT2D eigenvalue weighted by atomic mass is 10.1. The topological polar surface area (TPSA) is 33.1 Å². The molecule has 0 spiro atoms. The molecule has 1 aromatic heterocycles. The molecule has 1 atom stereocenters. The van der Waals surface area contributed by atoms with Gasteiger partial charge in [0.15, 0.2) is 5.01 Å². The van der Waals surface area contributed by atoms with Crippen molar-refractivity contribution in [1.29, 1.82) is 0 Å². The molecule has 0 saturated carbocycles. The molecule has 1 heterocycles. The molecule has 0 saturated heterocycles. The molecule has 1 unspecified atom stereocenters. The quantitative estimate of drug-likeness (QED) is 0.874. The highest BCUT2D eigenvalue weighted by Crippen LogP contribution is 2.37. The van der Waals surface area contributed by atoms with E-state index in [9.17, 15) is 18.3 Å². The zero-order valence-electron chi connectivity index (χ0n) is 9.70. The van der Waals surface area contributed by atoms with Gasteiger partial charge in [-0.15, -0.1) is 11.3 Å². The van der Waals surface area contributed by atoms with Gasteiger partial charge in [-0.05, 0) is 13.0 Å². The number of benzene rings is 1. The van der Waals surface area contributed by atoms with Gasteiger partial charge >= 0.3 is 6.18 Å². The second kappa shape index (κ2) is 5.22. The molecule has 7 heteroatoms. The first-order valence-corrected chi connectivity index (χ1v) is 6.87. The van der Waals surface area contributed by atoms with Crippen LogP contribution in [0.5, 0.6) is 0 Å². The molecule has 0 aliphatic rings. The Kier molecular flexibility index (Phi) is 3.98. The number of aliphatic hydroxyl groups is 1. The van der Waals surface area contributed by atoms with E-state index < -0.39 is 17.3 Å². The zero-order valence-corrected chi connectivity index (χ0v) is 12.1. The minimum absolute atomic E-state index is 0.165. The van der Waals surface area contributed by atoms with Crippen molar-refractivity contribution in [1.82, 2.24) is 4.98 Å². The van der Waals surface area contributed by atoms with E-state index in [2.05, 4.69) is 20.9 Å². The molecule has 102 valence electrons.